The molecule has 0 aliphatic rings. The van der Waals surface area contributed by atoms with Crippen molar-refractivity contribution in [1.82, 2.24) is 4.68 Å². The standard InChI is InChI=1S/C20H21N3S2/c1-14(2)11-21-20-23(22-12-18-6-5-9-24-18)19(13-25-20)17-8-7-15(3)16(4)10-17/h5-10,12-13H,1,11H2,2-4H3. The first kappa shape index (κ1) is 17.6. The summed E-state index contributed by atoms with van der Waals surface area (Å²) in [7, 11) is 0. The van der Waals surface area contributed by atoms with Crippen LogP contribution in [0.1, 0.15) is 22.9 Å². The van der Waals surface area contributed by atoms with Gasteiger partial charge in [-0.3, -0.25) is 4.99 Å². The summed E-state index contributed by atoms with van der Waals surface area (Å²) in [5.41, 5.74) is 5.81. The number of aromatic nitrogens is 1. The molecule has 0 aliphatic carbocycles. The minimum Gasteiger partial charge on any atom is -0.253 e. The van der Waals surface area contributed by atoms with Crippen molar-refractivity contribution in [3.63, 3.8) is 0 Å². The van der Waals surface area contributed by atoms with E-state index < -0.39 is 0 Å². The van der Waals surface area contributed by atoms with Crippen molar-refractivity contribution in [2.24, 2.45) is 10.1 Å². The van der Waals surface area contributed by atoms with Crippen LogP contribution in [0.25, 0.3) is 11.3 Å². The van der Waals surface area contributed by atoms with Gasteiger partial charge in [-0.1, -0.05) is 30.4 Å². The van der Waals surface area contributed by atoms with E-state index in [1.165, 1.54) is 11.1 Å². The molecule has 0 amide bonds. The smallest absolute Gasteiger partial charge is 0.206 e. The Hall–Kier alpha value is -2.24. The van der Waals surface area contributed by atoms with Crippen LogP contribution in [0, 0.1) is 13.8 Å². The van der Waals surface area contributed by atoms with Gasteiger partial charge in [0.25, 0.3) is 0 Å². The molecule has 3 nitrogen and oxygen atoms in total. The largest absolute Gasteiger partial charge is 0.253 e. The molecule has 25 heavy (non-hydrogen) atoms. The van der Waals surface area contributed by atoms with E-state index in [1.54, 1.807) is 22.7 Å². The van der Waals surface area contributed by atoms with Crippen molar-refractivity contribution in [2.75, 3.05) is 6.54 Å². The van der Waals surface area contributed by atoms with Gasteiger partial charge >= 0.3 is 0 Å². The molecule has 2 heterocycles. The number of thiophene rings is 1. The van der Waals surface area contributed by atoms with E-state index >= 15 is 0 Å². The van der Waals surface area contributed by atoms with Crippen LogP contribution in [0.4, 0.5) is 0 Å². The molecule has 0 unspecified atom stereocenters. The van der Waals surface area contributed by atoms with Crippen LogP contribution in [0.5, 0.6) is 0 Å². The molecule has 1 aromatic carbocycles. The zero-order valence-electron chi connectivity index (χ0n) is 14.7. The fourth-order valence-corrected chi connectivity index (χ4v) is 3.72. The molecule has 0 N–H and O–H groups in total. The summed E-state index contributed by atoms with van der Waals surface area (Å²) in [5, 5.41) is 8.87. The summed E-state index contributed by atoms with van der Waals surface area (Å²) in [4.78, 5) is 6.66. The highest BCUT2D eigenvalue weighted by atomic mass is 32.1. The highest BCUT2D eigenvalue weighted by Gasteiger charge is 2.08. The van der Waals surface area contributed by atoms with Gasteiger partial charge in [0.1, 0.15) is 0 Å². The van der Waals surface area contributed by atoms with Gasteiger partial charge in [-0.2, -0.15) is 5.10 Å². The highest BCUT2D eigenvalue weighted by Crippen LogP contribution is 2.23. The van der Waals surface area contributed by atoms with Crippen LogP contribution in [0.15, 0.2) is 63.3 Å². The Labute approximate surface area is 156 Å². The average molecular weight is 368 g/mol. The molecule has 128 valence electrons. The Morgan fingerprint density at radius 3 is 2.72 bits per heavy atom. The summed E-state index contributed by atoms with van der Waals surface area (Å²) in [6, 6.07) is 10.6. The number of rotatable bonds is 5. The molecule has 2 aromatic heterocycles. The van der Waals surface area contributed by atoms with E-state index in [9.17, 15) is 0 Å². The fourth-order valence-electron chi connectivity index (χ4n) is 2.30. The van der Waals surface area contributed by atoms with Crippen LogP contribution in [0.3, 0.4) is 0 Å². The summed E-state index contributed by atoms with van der Waals surface area (Å²) >= 11 is 3.28. The summed E-state index contributed by atoms with van der Waals surface area (Å²) in [6.45, 7) is 10.8. The Morgan fingerprint density at radius 1 is 1.20 bits per heavy atom. The molecule has 5 heteroatoms. The highest BCUT2D eigenvalue weighted by molar-refractivity contribution is 7.11. The number of hydrogen-bond acceptors (Lipinski definition) is 4. The summed E-state index contributed by atoms with van der Waals surface area (Å²) < 4.78 is 1.93. The number of aryl methyl sites for hydroxylation is 2. The quantitative estimate of drug-likeness (QED) is 0.435. The maximum atomic E-state index is 4.70. The predicted molar refractivity (Wildman–Crippen MR) is 110 cm³/mol. The minimum absolute atomic E-state index is 0.613. The molecule has 0 aliphatic heterocycles. The van der Waals surface area contributed by atoms with E-state index in [1.807, 2.05) is 23.9 Å². The Bertz CT molecular complexity index is 973. The molecule has 0 radical (unpaired) electrons. The first-order chi connectivity index (χ1) is 12.0. The number of nitrogens with zero attached hydrogens (tertiary/aromatic N) is 3. The van der Waals surface area contributed by atoms with Gasteiger partial charge < -0.3 is 0 Å². The second-order valence-electron chi connectivity index (χ2n) is 6.05. The Kier molecular flexibility index (Phi) is 5.46. The van der Waals surface area contributed by atoms with Crippen molar-refractivity contribution >= 4 is 28.9 Å². The first-order valence-corrected chi connectivity index (χ1v) is 9.81. The first-order valence-electron chi connectivity index (χ1n) is 8.05. The third-order valence-corrected chi connectivity index (χ3v) is 5.48. The fraction of sp³-hybridized carbons (Fsp3) is 0.200. The number of hydrogen-bond donors (Lipinski definition) is 0. The van der Waals surface area contributed by atoms with Gasteiger partial charge in [0, 0.05) is 15.8 Å². The topological polar surface area (TPSA) is 29.6 Å². The SMILES string of the molecule is C=C(C)CN=c1scc(-c2ccc(C)c(C)c2)n1N=Cc1cccs1. The van der Waals surface area contributed by atoms with Crippen LogP contribution in [-0.2, 0) is 0 Å². The molecule has 0 saturated heterocycles. The van der Waals surface area contributed by atoms with Crippen molar-refractivity contribution in [1.29, 1.82) is 0 Å². The maximum Gasteiger partial charge on any atom is 0.206 e. The molecule has 0 saturated carbocycles. The van der Waals surface area contributed by atoms with Gasteiger partial charge in [-0.15, -0.1) is 22.7 Å². The summed E-state index contributed by atoms with van der Waals surface area (Å²) in [6.07, 6.45) is 1.89. The molecular weight excluding hydrogens is 346 g/mol. The van der Waals surface area contributed by atoms with E-state index in [0.29, 0.717) is 6.54 Å². The van der Waals surface area contributed by atoms with Gasteiger partial charge in [-0.25, -0.2) is 4.68 Å². The molecular formula is C20H21N3S2. The van der Waals surface area contributed by atoms with Gasteiger partial charge in [-0.05, 0) is 49.4 Å². The third kappa shape index (κ3) is 4.24. The van der Waals surface area contributed by atoms with Crippen LogP contribution in [0.2, 0.25) is 0 Å². The predicted octanol–water partition coefficient (Wildman–Crippen LogP) is 5.25. The van der Waals surface area contributed by atoms with E-state index in [-0.39, 0.29) is 0 Å². The lowest BCUT2D eigenvalue weighted by Crippen LogP contribution is -2.13. The maximum absolute atomic E-state index is 4.70. The lowest BCUT2D eigenvalue weighted by Gasteiger charge is -2.06. The average Bonchev–Trinajstić information content (AvgIpc) is 3.22. The second-order valence-corrected chi connectivity index (χ2v) is 7.86. The lowest BCUT2D eigenvalue weighted by atomic mass is 10.1. The monoisotopic (exact) mass is 367 g/mol. The molecule has 0 fully saturated rings. The number of benzene rings is 1. The zero-order valence-corrected chi connectivity index (χ0v) is 16.3. The lowest BCUT2D eigenvalue weighted by molar-refractivity contribution is 0.836. The molecule has 3 rings (SSSR count). The zero-order chi connectivity index (χ0) is 17.8. The van der Waals surface area contributed by atoms with Crippen LogP contribution in [-0.4, -0.2) is 17.4 Å². The van der Waals surface area contributed by atoms with Gasteiger partial charge in [0.05, 0.1) is 18.5 Å². The van der Waals surface area contributed by atoms with Crippen molar-refractivity contribution in [3.05, 3.63) is 74.0 Å². The molecule has 3 aromatic rings. The van der Waals surface area contributed by atoms with E-state index in [4.69, 9.17) is 5.10 Å². The van der Waals surface area contributed by atoms with Crippen LogP contribution < -0.4 is 4.80 Å². The molecule has 0 bridgehead atoms. The third-order valence-electron chi connectivity index (χ3n) is 3.82. The second kappa shape index (κ2) is 7.76. The van der Waals surface area contributed by atoms with E-state index in [2.05, 4.69) is 60.4 Å². The van der Waals surface area contributed by atoms with Gasteiger partial charge in [0.15, 0.2) is 0 Å². The van der Waals surface area contributed by atoms with Crippen molar-refractivity contribution in [3.8, 4) is 11.3 Å². The van der Waals surface area contributed by atoms with Crippen LogP contribution >= 0.6 is 22.7 Å². The summed E-state index contributed by atoms with van der Waals surface area (Å²) in [5.74, 6) is 0. The number of thiazole rings is 1. The minimum atomic E-state index is 0.613. The Balaban J connectivity index is 2.09. The van der Waals surface area contributed by atoms with Crippen molar-refractivity contribution < 1.29 is 0 Å². The van der Waals surface area contributed by atoms with Gasteiger partial charge in [0.2, 0.25) is 4.80 Å². The Morgan fingerprint density at radius 2 is 2.04 bits per heavy atom. The molecule has 0 spiro atoms. The normalized spacial score (nSPS) is 12.2. The van der Waals surface area contributed by atoms with E-state index in [0.717, 1.165) is 26.5 Å². The molecule has 0 atom stereocenters. The van der Waals surface area contributed by atoms with Crippen molar-refractivity contribution in [2.45, 2.75) is 20.8 Å².